The number of hydrogen-bond donors (Lipinski definition) is 0. The van der Waals surface area contributed by atoms with Gasteiger partial charge in [-0.2, -0.15) is 0 Å². The molecule has 0 saturated carbocycles. The second-order valence-corrected chi connectivity index (χ2v) is 8.87. The first-order valence-corrected chi connectivity index (χ1v) is 10.1. The van der Waals surface area contributed by atoms with Gasteiger partial charge in [-0.3, -0.25) is 9.69 Å². The van der Waals surface area contributed by atoms with Gasteiger partial charge in [0.05, 0.1) is 24.1 Å². The van der Waals surface area contributed by atoms with E-state index < -0.39 is 9.84 Å². The maximum atomic E-state index is 12.7. The van der Waals surface area contributed by atoms with Crippen molar-refractivity contribution in [2.24, 2.45) is 0 Å². The molecule has 7 heteroatoms. The number of anilines is 1. The number of rotatable bonds is 4. The van der Waals surface area contributed by atoms with Crippen molar-refractivity contribution in [2.45, 2.75) is 31.8 Å². The average Bonchev–Trinajstić information content (AvgIpc) is 2.81. The maximum absolute atomic E-state index is 12.7. The van der Waals surface area contributed by atoms with Crippen molar-refractivity contribution in [3.05, 3.63) is 29.3 Å². The molecule has 2 atom stereocenters. The number of carbonyl (C=O) groups is 1. The monoisotopic (exact) mass is 356 g/mol. The van der Waals surface area contributed by atoms with E-state index in [0.717, 1.165) is 25.1 Å². The number of nitrogens with zero attached hydrogens (tertiary/aromatic N) is 2. The fourth-order valence-corrected chi connectivity index (χ4v) is 5.61. The normalized spacial score (nSPS) is 27.2. The van der Waals surface area contributed by atoms with Crippen LogP contribution in [0, 0.1) is 0 Å². The lowest BCUT2D eigenvalue weighted by Gasteiger charge is -2.43. The lowest BCUT2D eigenvalue weighted by atomic mass is 10.0. The fraction of sp³-hybridized carbons (Fsp3) is 0.562. The highest BCUT2D eigenvalue weighted by atomic mass is 35.5. The highest BCUT2D eigenvalue weighted by Gasteiger charge is 2.49. The van der Waals surface area contributed by atoms with Gasteiger partial charge in [-0.05, 0) is 37.2 Å². The fourth-order valence-electron chi connectivity index (χ4n) is 3.50. The Morgan fingerprint density at radius 1 is 1.17 bits per heavy atom. The van der Waals surface area contributed by atoms with Crippen LogP contribution in [0.3, 0.4) is 0 Å². The summed E-state index contributed by atoms with van der Waals surface area (Å²) in [6.45, 7) is 3.14. The lowest BCUT2D eigenvalue weighted by Crippen LogP contribution is -2.62. The molecule has 0 aliphatic carbocycles. The Morgan fingerprint density at radius 2 is 1.83 bits per heavy atom. The van der Waals surface area contributed by atoms with Gasteiger partial charge in [0.25, 0.3) is 0 Å². The average molecular weight is 357 g/mol. The van der Waals surface area contributed by atoms with Crippen LogP contribution in [0.5, 0.6) is 0 Å². The highest BCUT2D eigenvalue weighted by Crippen LogP contribution is 2.32. The first-order chi connectivity index (χ1) is 10.9. The van der Waals surface area contributed by atoms with Gasteiger partial charge in [0.1, 0.15) is 0 Å². The predicted octanol–water partition coefficient (Wildman–Crippen LogP) is 1.95. The van der Waals surface area contributed by atoms with Crippen LogP contribution in [0.2, 0.25) is 5.02 Å². The number of piperazine rings is 1. The smallest absolute Gasteiger partial charge is 0.241 e. The number of hydrogen-bond acceptors (Lipinski definition) is 4. The standard InChI is InChI=1S/C16H21ClN2O3S/c1-2-3-8-18-9-16(20)19(13-6-4-12(17)5-7-13)15-11-23(21,22)10-14(15)18/h4-7,14-15H,2-3,8-11H2,1H3/t14-,15+/m0/s1. The predicted molar refractivity (Wildman–Crippen MR) is 91.6 cm³/mol. The molecule has 2 saturated heterocycles. The number of unbranched alkanes of at least 4 members (excludes halogenated alkanes) is 1. The molecule has 126 valence electrons. The zero-order valence-corrected chi connectivity index (χ0v) is 14.7. The van der Waals surface area contributed by atoms with Gasteiger partial charge in [-0.15, -0.1) is 0 Å². The molecule has 2 heterocycles. The van der Waals surface area contributed by atoms with E-state index >= 15 is 0 Å². The molecule has 2 aliphatic heterocycles. The van der Waals surface area contributed by atoms with E-state index in [0.29, 0.717) is 5.02 Å². The minimum absolute atomic E-state index is 0.0364. The Balaban J connectivity index is 1.93. The van der Waals surface area contributed by atoms with E-state index in [1.165, 1.54) is 0 Å². The summed E-state index contributed by atoms with van der Waals surface area (Å²) in [7, 11) is -3.12. The van der Waals surface area contributed by atoms with Gasteiger partial charge in [-0.1, -0.05) is 24.9 Å². The molecule has 23 heavy (non-hydrogen) atoms. The van der Waals surface area contributed by atoms with Crippen molar-refractivity contribution < 1.29 is 13.2 Å². The first kappa shape index (κ1) is 16.7. The summed E-state index contributed by atoms with van der Waals surface area (Å²) in [5.74, 6) is 0.134. The van der Waals surface area contributed by atoms with Crippen LogP contribution in [0.25, 0.3) is 0 Å². The van der Waals surface area contributed by atoms with Crippen LogP contribution in [0.1, 0.15) is 19.8 Å². The molecule has 0 aromatic heterocycles. The maximum Gasteiger partial charge on any atom is 0.241 e. The third kappa shape index (κ3) is 3.39. The van der Waals surface area contributed by atoms with E-state index in [-0.39, 0.29) is 36.0 Å². The molecular weight excluding hydrogens is 336 g/mol. The molecule has 1 aromatic carbocycles. The van der Waals surface area contributed by atoms with Crippen molar-refractivity contribution in [3.63, 3.8) is 0 Å². The summed E-state index contributed by atoms with van der Waals surface area (Å²) >= 11 is 5.92. The summed E-state index contributed by atoms with van der Waals surface area (Å²) in [6, 6.07) is 6.60. The summed E-state index contributed by atoms with van der Waals surface area (Å²) in [5, 5.41) is 0.596. The van der Waals surface area contributed by atoms with Crippen molar-refractivity contribution in [2.75, 3.05) is 29.5 Å². The molecule has 0 unspecified atom stereocenters. The molecule has 1 aromatic rings. The van der Waals surface area contributed by atoms with Crippen molar-refractivity contribution in [1.29, 1.82) is 0 Å². The van der Waals surface area contributed by atoms with E-state index in [9.17, 15) is 13.2 Å². The lowest BCUT2D eigenvalue weighted by molar-refractivity contribution is -0.123. The number of fused-ring (bicyclic) bond motifs is 1. The molecule has 5 nitrogen and oxygen atoms in total. The molecule has 2 fully saturated rings. The SMILES string of the molecule is CCCCN1CC(=O)N(c2ccc(Cl)cc2)[C@@H]2CS(=O)(=O)C[C@@H]21. The van der Waals surface area contributed by atoms with Crippen LogP contribution < -0.4 is 4.90 Å². The summed E-state index contributed by atoms with van der Waals surface area (Å²) in [6.07, 6.45) is 1.99. The Kier molecular flexibility index (Phi) is 4.67. The third-order valence-electron chi connectivity index (χ3n) is 4.60. The van der Waals surface area contributed by atoms with Crippen LogP contribution in [-0.4, -0.2) is 55.9 Å². The van der Waals surface area contributed by atoms with Gasteiger partial charge in [0.15, 0.2) is 9.84 Å². The van der Waals surface area contributed by atoms with Crippen LogP contribution >= 0.6 is 11.6 Å². The number of benzene rings is 1. The minimum Gasteiger partial charge on any atom is -0.306 e. The molecule has 1 amide bonds. The molecule has 0 spiro atoms. The van der Waals surface area contributed by atoms with Crippen molar-refractivity contribution in [1.82, 2.24) is 4.90 Å². The van der Waals surface area contributed by atoms with Gasteiger partial charge in [0, 0.05) is 16.8 Å². The quantitative estimate of drug-likeness (QED) is 0.827. The number of halogens is 1. The molecule has 0 N–H and O–H groups in total. The highest BCUT2D eigenvalue weighted by molar-refractivity contribution is 7.91. The van der Waals surface area contributed by atoms with Gasteiger partial charge in [-0.25, -0.2) is 8.42 Å². The van der Waals surface area contributed by atoms with Crippen molar-refractivity contribution in [3.8, 4) is 0 Å². The Hall–Kier alpha value is -1.11. The van der Waals surface area contributed by atoms with Crippen molar-refractivity contribution >= 4 is 33.0 Å². The zero-order valence-electron chi connectivity index (χ0n) is 13.1. The van der Waals surface area contributed by atoms with E-state index in [1.807, 2.05) is 4.90 Å². The van der Waals surface area contributed by atoms with Gasteiger partial charge < -0.3 is 4.90 Å². The first-order valence-electron chi connectivity index (χ1n) is 7.93. The van der Waals surface area contributed by atoms with Crippen LogP contribution in [-0.2, 0) is 14.6 Å². The number of amides is 1. The van der Waals surface area contributed by atoms with E-state index in [4.69, 9.17) is 11.6 Å². The molecule has 0 bridgehead atoms. The number of carbonyl (C=O) groups excluding carboxylic acids is 1. The molecule has 2 aliphatic rings. The molecule has 3 rings (SSSR count). The topological polar surface area (TPSA) is 57.7 Å². The minimum atomic E-state index is -3.12. The summed E-state index contributed by atoms with van der Waals surface area (Å²) in [5.41, 5.74) is 0.724. The van der Waals surface area contributed by atoms with Crippen LogP contribution in [0.15, 0.2) is 24.3 Å². The molecule has 0 radical (unpaired) electrons. The van der Waals surface area contributed by atoms with E-state index in [1.54, 1.807) is 29.2 Å². The number of sulfone groups is 1. The Labute approximate surface area is 142 Å². The summed E-state index contributed by atoms with van der Waals surface area (Å²) in [4.78, 5) is 16.4. The zero-order chi connectivity index (χ0) is 16.6. The second-order valence-electron chi connectivity index (χ2n) is 6.28. The van der Waals surface area contributed by atoms with Gasteiger partial charge in [0.2, 0.25) is 5.91 Å². The third-order valence-corrected chi connectivity index (χ3v) is 6.56. The van der Waals surface area contributed by atoms with E-state index in [2.05, 4.69) is 6.92 Å². The van der Waals surface area contributed by atoms with Crippen LogP contribution in [0.4, 0.5) is 5.69 Å². The Morgan fingerprint density at radius 3 is 2.48 bits per heavy atom. The summed E-state index contributed by atoms with van der Waals surface area (Å²) < 4.78 is 24.3. The van der Waals surface area contributed by atoms with Gasteiger partial charge >= 0.3 is 0 Å². The second kappa shape index (κ2) is 6.42. The molecular formula is C16H21ClN2O3S. The Bertz CT molecular complexity index is 690. The largest absolute Gasteiger partial charge is 0.306 e.